The minimum absolute atomic E-state index is 0.0614. The first-order valence-electron chi connectivity index (χ1n) is 8.07. The molecule has 0 spiro atoms. The number of carbonyl (C=O) groups excluding carboxylic acids is 1. The molecule has 0 saturated heterocycles. The normalized spacial score (nSPS) is 12.7. The number of anilines is 2. The van der Waals surface area contributed by atoms with Crippen LogP contribution in [0.1, 0.15) is 20.8 Å². The highest BCUT2D eigenvalue weighted by molar-refractivity contribution is 6.75. The highest BCUT2D eigenvalue weighted by Gasteiger charge is 2.40. The first-order valence-corrected chi connectivity index (χ1v) is 11.0. The highest BCUT2D eigenvalue weighted by Crippen LogP contribution is 2.37. The lowest BCUT2D eigenvalue weighted by Crippen LogP contribution is -2.43. The minimum atomic E-state index is -2.22. The van der Waals surface area contributed by atoms with Crippen LogP contribution in [0, 0.1) is 0 Å². The molecule has 0 bridgehead atoms. The summed E-state index contributed by atoms with van der Waals surface area (Å²) in [5, 5.41) is 1.42. The van der Waals surface area contributed by atoms with Crippen LogP contribution in [0.25, 0.3) is 21.8 Å². The molecule has 0 atom stereocenters. The van der Waals surface area contributed by atoms with E-state index in [0.29, 0.717) is 22.2 Å². The SMILES string of the molecule is CC(C)(C)[Si](C)(C)OC(=O)n1ccc2c3c(N)nc(N)nc3ccc21. The van der Waals surface area contributed by atoms with Gasteiger partial charge in [0.05, 0.1) is 16.4 Å². The first-order chi connectivity index (χ1) is 11.5. The molecule has 25 heavy (non-hydrogen) atoms. The Bertz CT molecular complexity index is 988. The van der Waals surface area contributed by atoms with E-state index in [1.54, 1.807) is 12.3 Å². The summed E-state index contributed by atoms with van der Waals surface area (Å²) in [6.07, 6.45) is 1.31. The number of fused-ring (bicyclic) bond motifs is 3. The van der Waals surface area contributed by atoms with Gasteiger partial charge in [0.2, 0.25) is 5.95 Å². The Morgan fingerprint density at radius 2 is 1.84 bits per heavy atom. The largest absolute Gasteiger partial charge is 0.503 e. The van der Waals surface area contributed by atoms with E-state index < -0.39 is 8.32 Å². The Morgan fingerprint density at radius 1 is 1.16 bits per heavy atom. The Balaban J connectivity index is 2.10. The molecule has 0 unspecified atom stereocenters. The summed E-state index contributed by atoms with van der Waals surface area (Å²) < 4.78 is 7.40. The predicted octanol–water partition coefficient (Wildman–Crippen LogP) is 3.74. The van der Waals surface area contributed by atoms with Crippen molar-refractivity contribution in [3.63, 3.8) is 0 Å². The summed E-state index contributed by atoms with van der Waals surface area (Å²) in [6.45, 7) is 10.4. The molecule has 7 nitrogen and oxygen atoms in total. The van der Waals surface area contributed by atoms with Gasteiger partial charge in [0.1, 0.15) is 5.82 Å². The van der Waals surface area contributed by atoms with Crippen molar-refractivity contribution in [1.29, 1.82) is 0 Å². The van der Waals surface area contributed by atoms with Gasteiger partial charge < -0.3 is 15.9 Å². The molecule has 0 aliphatic rings. The molecule has 0 saturated carbocycles. The van der Waals surface area contributed by atoms with Gasteiger partial charge in [-0.15, -0.1) is 0 Å². The van der Waals surface area contributed by atoms with Crippen molar-refractivity contribution in [1.82, 2.24) is 14.5 Å². The number of rotatable bonds is 1. The second-order valence-corrected chi connectivity index (χ2v) is 12.4. The highest BCUT2D eigenvalue weighted by atomic mass is 28.4. The van der Waals surface area contributed by atoms with Crippen molar-refractivity contribution in [3.8, 4) is 0 Å². The maximum Gasteiger partial charge on any atom is 0.404 e. The molecule has 2 aromatic heterocycles. The van der Waals surface area contributed by atoms with Gasteiger partial charge in [-0.3, -0.25) is 4.57 Å². The zero-order valence-corrected chi connectivity index (χ0v) is 16.1. The number of nitrogens with zero attached hydrogens (tertiary/aromatic N) is 3. The Morgan fingerprint density at radius 3 is 2.48 bits per heavy atom. The lowest BCUT2D eigenvalue weighted by Gasteiger charge is -2.35. The van der Waals surface area contributed by atoms with E-state index in [2.05, 4.69) is 30.7 Å². The van der Waals surface area contributed by atoms with E-state index in [-0.39, 0.29) is 17.1 Å². The molecule has 0 fully saturated rings. The maximum atomic E-state index is 12.8. The number of nitrogen functional groups attached to an aromatic ring is 2. The van der Waals surface area contributed by atoms with E-state index >= 15 is 0 Å². The van der Waals surface area contributed by atoms with Gasteiger partial charge in [-0.1, -0.05) is 20.8 Å². The number of aromatic nitrogens is 3. The van der Waals surface area contributed by atoms with E-state index in [4.69, 9.17) is 15.9 Å². The summed E-state index contributed by atoms with van der Waals surface area (Å²) in [5.41, 5.74) is 13.0. The number of hydrogen-bond donors (Lipinski definition) is 2. The third-order valence-corrected chi connectivity index (χ3v) is 9.22. The minimum Gasteiger partial charge on any atom is -0.503 e. The molecule has 132 valence electrons. The fourth-order valence-corrected chi connectivity index (χ4v) is 3.32. The van der Waals surface area contributed by atoms with Crippen LogP contribution in [0.3, 0.4) is 0 Å². The van der Waals surface area contributed by atoms with Crippen LogP contribution in [0.2, 0.25) is 18.1 Å². The summed E-state index contributed by atoms with van der Waals surface area (Å²) in [5.74, 6) is 0.421. The fourth-order valence-electron chi connectivity index (χ4n) is 2.48. The summed E-state index contributed by atoms with van der Waals surface area (Å²) >= 11 is 0. The van der Waals surface area contributed by atoms with Crippen molar-refractivity contribution in [3.05, 3.63) is 24.4 Å². The van der Waals surface area contributed by atoms with E-state index in [0.717, 1.165) is 5.39 Å². The van der Waals surface area contributed by atoms with Crippen molar-refractivity contribution in [2.24, 2.45) is 0 Å². The summed E-state index contributed by atoms with van der Waals surface area (Å²) in [7, 11) is -2.22. The third-order valence-electron chi connectivity index (χ3n) is 4.92. The Hall–Kier alpha value is -2.61. The van der Waals surface area contributed by atoms with Crippen molar-refractivity contribution >= 4 is 48.0 Å². The molecule has 3 rings (SSSR count). The molecular formula is C17H23N5O2Si. The van der Waals surface area contributed by atoms with E-state index in [1.807, 2.05) is 25.2 Å². The lowest BCUT2D eigenvalue weighted by molar-refractivity contribution is 0.198. The molecule has 2 heterocycles. The van der Waals surface area contributed by atoms with E-state index in [1.165, 1.54) is 4.57 Å². The molecule has 3 aromatic rings. The van der Waals surface area contributed by atoms with Gasteiger partial charge in [-0.2, -0.15) is 4.98 Å². The maximum absolute atomic E-state index is 12.8. The van der Waals surface area contributed by atoms with Gasteiger partial charge in [0, 0.05) is 11.6 Å². The van der Waals surface area contributed by atoms with Crippen LogP contribution < -0.4 is 11.5 Å². The van der Waals surface area contributed by atoms with Crippen LogP contribution in [0.4, 0.5) is 16.6 Å². The van der Waals surface area contributed by atoms with Crippen molar-refractivity contribution in [2.75, 3.05) is 11.5 Å². The van der Waals surface area contributed by atoms with Crippen LogP contribution >= 0.6 is 0 Å². The topological polar surface area (TPSA) is 109 Å². The van der Waals surface area contributed by atoms with Crippen LogP contribution in [0.15, 0.2) is 24.4 Å². The number of hydrogen-bond acceptors (Lipinski definition) is 6. The number of benzene rings is 1. The van der Waals surface area contributed by atoms with Gasteiger partial charge in [-0.05, 0) is 36.3 Å². The molecular weight excluding hydrogens is 334 g/mol. The standard InChI is InChI=1S/C17H23N5O2Si/c1-17(2,3)25(4,5)24-16(23)22-9-8-10-12(22)7-6-11-13(10)14(18)21-15(19)20-11/h6-9H,1-5H3,(H4,18,19,20,21). The average molecular weight is 357 g/mol. The molecule has 4 N–H and O–H groups in total. The van der Waals surface area contributed by atoms with Crippen molar-refractivity contribution in [2.45, 2.75) is 38.9 Å². The van der Waals surface area contributed by atoms with Gasteiger partial charge in [-0.25, -0.2) is 9.78 Å². The van der Waals surface area contributed by atoms with Crippen molar-refractivity contribution < 1.29 is 9.22 Å². The van der Waals surface area contributed by atoms with E-state index in [9.17, 15) is 4.79 Å². The second-order valence-electron chi connectivity index (χ2n) is 7.67. The molecule has 1 aromatic carbocycles. The van der Waals surface area contributed by atoms with Crippen LogP contribution in [-0.4, -0.2) is 28.9 Å². The zero-order valence-electron chi connectivity index (χ0n) is 15.1. The number of carbonyl (C=O) groups is 1. The van der Waals surface area contributed by atoms with Gasteiger partial charge in [0.15, 0.2) is 0 Å². The zero-order chi connectivity index (χ0) is 18.6. The fraction of sp³-hybridized carbons (Fsp3) is 0.353. The smallest absolute Gasteiger partial charge is 0.404 e. The summed E-state index contributed by atoms with van der Waals surface area (Å²) in [4.78, 5) is 21.0. The Kier molecular flexibility index (Phi) is 3.75. The number of nitrogens with two attached hydrogens (primary N) is 2. The first kappa shape index (κ1) is 17.2. The molecule has 0 aliphatic carbocycles. The lowest BCUT2D eigenvalue weighted by atomic mass is 10.1. The Labute approximate surface area is 147 Å². The molecule has 8 heteroatoms. The van der Waals surface area contributed by atoms with Gasteiger partial charge in [0.25, 0.3) is 8.32 Å². The third kappa shape index (κ3) is 2.82. The molecule has 0 aliphatic heterocycles. The van der Waals surface area contributed by atoms with Gasteiger partial charge >= 0.3 is 6.09 Å². The predicted molar refractivity (Wildman–Crippen MR) is 103 cm³/mol. The second kappa shape index (κ2) is 5.45. The molecule has 0 amide bonds. The van der Waals surface area contributed by atoms with Crippen LogP contribution in [-0.2, 0) is 4.43 Å². The molecule has 0 radical (unpaired) electrons. The monoisotopic (exact) mass is 357 g/mol. The quantitative estimate of drug-likeness (QED) is 0.642. The average Bonchev–Trinajstić information content (AvgIpc) is 2.88. The summed E-state index contributed by atoms with van der Waals surface area (Å²) in [6, 6.07) is 5.42. The van der Waals surface area contributed by atoms with Crippen LogP contribution in [0.5, 0.6) is 0 Å².